The van der Waals surface area contributed by atoms with E-state index in [9.17, 15) is 0 Å². The second-order valence-corrected chi connectivity index (χ2v) is 11.8. The van der Waals surface area contributed by atoms with E-state index in [4.69, 9.17) is 8.85 Å². The molecule has 0 amide bonds. The number of rotatable bonds is 21. The van der Waals surface area contributed by atoms with Crippen LogP contribution >= 0.6 is 0 Å². The zero-order chi connectivity index (χ0) is 19.3. The predicted molar refractivity (Wildman–Crippen MR) is 119 cm³/mol. The van der Waals surface area contributed by atoms with Crippen molar-refractivity contribution in [3.63, 3.8) is 0 Å². The second kappa shape index (κ2) is 19.9. The van der Waals surface area contributed by atoms with Crippen molar-refractivity contribution in [3.8, 4) is 0 Å². The summed E-state index contributed by atoms with van der Waals surface area (Å²) in [5.41, 5.74) is 0. The standard InChI is InChI=1S/C23H50O2Si/c1-5-7-9-11-13-14-15-16-17-19-21-23-25-26(3,4)24-22-20-18-12-10-8-6-2/h5-23H2,1-4H3. The molecular formula is C23H50O2Si. The summed E-state index contributed by atoms with van der Waals surface area (Å²) in [6.07, 6.45) is 23.2. The van der Waals surface area contributed by atoms with Gasteiger partial charge in [-0.05, 0) is 25.9 Å². The Morgan fingerprint density at radius 2 is 0.692 bits per heavy atom. The summed E-state index contributed by atoms with van der Waals surface area (Å²) in [7, 11) is -1.88. The number of hydrogen-bond acceptors (Lipinski definition) is 2. The molecule has 0 aromatic rings. The summed E-state index contributed by atoms with van der Waals surface area (Å²) < 4.78 is 12.1. The Morgan fingerprint density at radius 1 is 0.423 bits per heavy atom. The van der Waals surface area contributed by atoms with Gasteiger partial charge in [0.05, 0.1) is 0 Å². The summed E-state index contributed by atoms with van der Waals surface area (Å²) in [5.74, 6) is 0. The SMILES string of the molecule is CCCCCCCCCCCCCO[Si](C)(C)OCCCCCCCC. The highest BCUT2D eigenvalue weighted by molar-refractivity contribution is 6.64. The molecule has 0 rings (SSSR count). The molecule has 158 valence electrons. The fraction of sp³-hybridized carbons (Fsp3) is 1.00. The Labute approximate surface area is 167 Å². The van der Waals surface area contributed by atoms with Crippen LogP contribution in [0.5, 0.6) is 0 Å². The second-order valence-electron chi connectivity index (χ2n) is 8.40. The van der Waals surface area contributed by atoms with E-state index < -0.39 is 8.56 Å². The molecule has 3 heteroatoms. The van der Waals surface area contributed by atoms with E-state index in [2.05, 4.69) is 26.9 Å². The van der Waals surface area contributed by atoms with Gasteiger partial charge in [0.15, 0.2) is 0 Å². The normalized spacial score (nSPS) is 12.0. The molecule has 0 aliphatic heterocycles. The highest BCUT2D eigenvalue weighted by Gasteiger charge is 2.23. The van der Waals surface area contributed by atoms with Crippen LogP contribution in [0.4, 0.5) is 0 Å². The molecule has 0 unspecified atom stereocenters. The third-order valence-corrected chi connectivity index (χ3v) is 6.94. The molecule has 0 aromatic carbocycles. The van der Waals surface area contributed by atoms with E-state index in [0.717, 1.165) is 13.2 Å². The number of hydrogen-bond donors (Lipinski definition) is 0. The molecule has 0 saturated carbocycles. The third-order valence-electron chi connectivity index (χ3n) is 5.15. The molecule has 0 N–H and O–H groups in total. The molecule has 0 atom stereocenters. The van der Waals surface area contributed by atoms with Crippen molar-refractivity contribution in [1.29, 1.82) is 0 Å². The van der Waals surface area contributed by atoms with Crippen molar-refractivity contribution < 1.29 is 8.85 Å². The third kappa shape index (κ3) is 20.4. The van der Waals surface area contributed by atoms with Gasteiger partial charge >= 0.3 is 8.56 Å². The molecule has 0 aromatic heterocycles. The smallest absolute Gasteiger partial charge is 0.331 e. The maximum atomic E-state index is 6.07. The van der Waals surface area contributed by atoms with E-state index in [1.165, 1.54) is 109 Å². The van der Waals surface area contributed by atoms with Gasteiger partial charge in [-0.15, -0.1) is 0 Å². The van der Waals surface area contributed by atoms with Gasteiger partial charge in [0.25, 0.3) is 0 Å². The number of unbranched alkanes of at least 4 members (excludes halogenated alkanes) is 15. The lowest BCUT2D eigenvalue weighted by molar-refractivity contribution is 0.172. The zero-order valence-corrected chi connectivity index (χ0v) is 19.8. The summed E-state index contributed by atoms with van der Waals surface area (Å²) in [4.78, 5) is 0. The highest BCUT2D eigenvalue weighted by atomic mass is 28.4. The summed E-state index contributed by atoms with van der Waals surface area (Å²) in [5, 5.41) is 0. The minimum Gasteiger partial charge on any atom is -0.395 e. The topological polar surface area (TPSA) is 18.5 Å². The van der Waals surface area contributed by atoms with Gasteiger partial charge in [0.2, 0.25) is 0 Å². The van der Waals surface area contributed by atoms with Crippen molar-refractivity contribution in [2.75, 3.05) is 13.2 Å². The molecule has 0 heterocycles. The van der Waals surface area contributed by atoms with Crippen LogP contribution in [-0.2, 0) is 8.85 Å². The highest BCUT2D eigenvalue weighted by Crippen LogP contribution is 2.13. The fourth-order valence-corrected chi connectivity index (χ4v) is 4.68. The van der Waals surface area contributed by atoms with Gasteiger partial charge in [-0.2, -0.15) is 0 Å². The lowest BCUT2D eigenvalue weighted by Gasteiger charge is -2.23. The van der Waals surface area contributed by atoms with Gasteiger partial charge in [-0.25, -0.2) is 0 Å². The Balaban J connectivity index is 3.29. The molecule has 26 heavy (non-hydrogen) atoms. The Bertz CT molecular complexity index is 269. The van der Waals surface area contributed by atoms with Gasteiger partial charge in [0.1, 0.15) is 0 Å². The average Bonchev–Trinajstić information content (AvgIpc) is 2.62. The maximum Gasteiger partial charge on any atom is 0.331 e. The molecule has 0 aliphatic rings. The lowest BCUT2D eigenvalue weighted by atomic mass is 10.1. The van der Waals surface area contributed by atoms with E-state index in [1.54, 1.807) is 0 Å². The first-order valence-electron chi connectivity index (χ1n) is 11.9. The predicted octanol–water partition coefficient (Wildman–Crippen LogP) is 8.39. The van der Waals surface area contributed by atoms with Gasteiger partial charge < -0.3 is 8.85 Å². The molecule has 0 fully saturated rings. The van der Waals surface area contributed by atoms with Gasteiger partial charge in [-0.1, -0.05) is 110 Å². The first-order chi connectivity index (χ1) is 12.6. The van der Waals surface area contributed by atoms with Crippen LogP contribution in [0.3, 0.4) is 0 Å². The van der Waals surface area contributed by atoms with Crippen LogP contribution in [0, 0.1) is 0 Å². The zero-order valence-electron chi connectivity index (χ0n) is 18.8. The first-order valence-corrected chi connectivity index (χ1v) is 14.7. The molecule has 2 nitrogen and oxygen atoms in total. The van der Waals surface area contributed by atoms with Crippen LogP contribution in [0.25, 0.3) is 0 Å². The summed E-state index contributed by atoms with van der Waals surface area (Å²) in [6, 6.07) is 0. The monoisotopic (exact) mass is 386 g/mol. The van der Waals surface area contributed by atoms with Crippen LogP contribution in [0.1, 0.15) is 123 Å². The molecule has 0 spiro atoms. The minimum atomic E-state index is -1.88. The maximum absolute atomic E-state index is 6.07. The fourth-order valence-electron chi connectivity index (χ4n) is 3.33. The van der Waals surface area contributed by atoms with E-state index in [-0.39, 0.29) is 0 Å². The van der Waals surface area contributed by atoms with E-state index in [1.807, 2.05) is 0 Å². The van der Waals surface area contributed by atoms with Gasteiger partial charge in [0, 0.05) is 13.2 Å². The van der Waals surface area contributed by atoms with E-state index >= 15 is 0 Å². The van der Waals surface area contributed by atoms with Gasteiger partial charge in [-0.3, -0.25) is 0 Å². The molecule has 0 aliphatic carbocycles. The Hall–Kier alpha value is 0.137. The average molecular weight is 387 g/mol. The van der Waals surface area contributed by atoms with Crippen LogP contribution in [0.2, 0.25) is 13.1 Å². The minimum absolute atomic E-state index is 0.892. The molecular weight excluding hydrogens is 336 g/mol. The van der Waals surface area contributed by atoms with Crippen LogP contribution in [0.15, 0.2) is 0 Å². The molecule has 0 saturated heterocycles. The van der Waals surface area contributed by atoms with Crippen LogP contribution in [-0.4, -0.2) is 21.8 Å². The van der Waals surface area contributed by atoms with Crippen molar-refractivity contribution in [2.24, 2.45) is 0 Å². The molecule has 0 radical (unpaired) electrons. The Morgan fingerprint density at radius 3 is 1.00 bits per heavy atom. The first kappa shape index (κ1) is 26.1. The summed E-state index contributed by atoms with van der Waals surface area (Å²) in [6.45, 7) is 10.7. The van der Waals surface area contributed by atoms with E-state index in [0.29, 0.717) is 0 Å². The quantitative estimate of drug-likeness (QED) is 0.146. The molecule has 0 bridgehead atoms. The summed E-state index contributed by atoms with van der Waals surface area (Å²) >= 11 is 0. The van der Waals surface area contributed by atoms with Crippen molar-refractivity contribution in [2.45, 2.75) is 136 Å². The lowest BCUT2D eigenvalue weighted by Crippen LogP contribution is -2.35. The van der Waals surface area contributed by atoms with Crippen molar-refractivity contribution in [3.05, 3.63) is 0 Å². The van der Waals surface area contributed by atoms with Crippen molar-refractivity contribution in [1.82, 2.24) is 0 Å². The largest absolute Gasteiger partial charge is 0.395 e. The van der Waals surface area contributed by atoms with Crippen LogP contribution < -0.4 is 0 Å². The Kier molecular flexibility index (Phi) is 20.0. The van der Waals surface area contributed by atoms with Crippen molar-refractivity contribution >= 4 is 8.56 Å².